The number of benzene rings is 1. The summed E-state index contributed by atoms with van der Waals surface area (Å²) in [5.74, 6) is 0.715. The van der Waals surface area contributed by atoms with Crippen LogP contribution in [0.15, 0.2) is 18.2 Å². The molecule has 0 saturated carbocycles. The summed E-state index contributed by atoms with van der Waals surface area (Å²) in [5, 5.41) is 3.87. The Bertz CT molecular complexity index is 323. The fourth-order valence-electron chi connectivity index (χ4n) is 1.19. The molecule has 0 aliphatic carbocycles. The molecule has 0 unspecified atom stereocenters. The van der Waals surface area contributed by atoms with Crippen LogP contribution >= 0.6 is 11.6 Å². The van der Waals surface area contributed by atoms with Crippen LogP contribution in [0.4, 0.5) is 0 Å². The standard InChI is InChI=1S/C11H16ClNO/c1-11(2,13-3)8-5-6-9(12)10(7-8)14-4/h5-7,13H,1-4H3. The topological polar surface area (TPSA) is 21.3 Å². The van der Waals surface area contributed by atoms with E-state index in [1.165, 1.54) is 0 Å². The van der Waals surface area contributed by atoms with Crippen molar-refractivity contribution in [2.45, 2.75) is 19.4 Å². The molecule has 0 spiro atoms. The Balaban J connectivity index is 3.12. The summed E-state index contributed by atoms with van der Waals surface area (Å²) in [5.41, 5.74) is 1.08. The maximum atomic E-state index is 5.94. The summed E-state index contributed by atoms with van der Waals surface area (Å²) in [7, 11) is 3.55. The van der Waals surface area contributed by atoms with Crippen molar-refractivity contribution in [3.8, 4) is 5.75 Å². The van der Waals surface area contributed by atoms with Crippen molar-refractivity contribution < 1.29 is 4.74 Å². The maximum absolute atomic E-state index is 5.94. The summed E-state index contributed by atoms with van der Waals surface area (Å²) >= 11 is 5.94. The third-order valence-electron chi connectivity index (χ3n) is 2.50. The number of halogens is 1. The summed E-state index contributed by atoms with van der Waals surface area (Å²) in [6.07, 6.45) is 0. The van der Waals surface area contributed by atoms with Crippen LogP contribution in [0.3, 0.4) is 0 Å². The first-order valence-electron chi connectivity index (χ1n) is 4.54. The second-order valence-electron chi connectivity index (χ2n) is 3.72. The minimum absolute atomic E-state index is 0.0716. The Hall–Kier alpha value is -0.730. The van der Waals surface area contributed by atoms with Gasteiger partial charge in [0.05, 0.1) is 12.1 Å². The summed E-state index contributed by atoms with van der Waals surface area (Å²) in [6.45, 7) is 4.21. The first-order chi connectivity index (χ1) is 6.51. The molecule has 2 nitrogen and oxygen atoms in total. The summed E-state index contributed by atoms with van der Waals surface area (Å²) in [4.78, 5) is 0. The summed E-state index contributed by atoms with van der Waals surface area (Å²) < 4.78 is 5.17. The molecule has 0 amide bonds. The number of ether oxygens (including phenoxy) is 1. The van der Waals surface area contributed by atoms with Gasteiger partial charge in [0.2, 0.25) is 0 Å². The van der Waals surface area contributed by atoms with Crippen LogP contribution in [0.2, 0.25) is 5.02 Å². The van der Waals surface area contributed by atoms with E-state index in [4.69, 9.17) is 16.3 Å². The van der Waals surface area contributed by atoms with Crippen LogP contribution in [-0.4, -0.2) is 14.2 Å². The Kier molecular flexibility index (Phi) is 3.40. The highest BCUT2D eigenvalue weighted by molar-refractivity contribution is 6.32. The highest BCUT2D eigenvalue weighted by Crippen LogP contribution is 2.29. The molecule has 0 fully saturated rings. The Labute approximate surface area is 90.2 Å². The van der Waals surface area contributed by atoms with Gasteiger partial charge in [-0.2, -0.15) is 0 Å². The van der Waals surface area contributed by atoms with Crippen molar-refractivity contribution >= 4 is 11.6 Å². The van der Waals surface area contributed by atoms with Crippen LogP contribution in [-0.2, 0) is 5.54 Å². The number of nitrogens with one attached hydrogen (secondary N) is 1. The lowest BCUT2D eigenvalue weighted by Crippen LogP contribution is -2.33. The van der Waals surface area contributed by atoms with Gasteiger partial charge in [-0.05, 0) is 38.6 Å². The smallest absolute Gasteiger partial charge is 0.137 e. The van der Waals surface area contributed by atoms with Gasteiger partial charge >= 0.3 is 0 Å². The van der Waals surface area contributed by atoms with E-state index in [9.17, 15) is 0 Å². The molecule has 1 N–H and O–H groups in total. The molecule has 1 rings (SSSR count). The molecule has 0 aliphatic rings. The van der Waals surface area contributed by atoms with Crippen molar-refractivity contribution in [3.05, 3.63) is 28.8 Å². The highest BCUT2D eigenvalue weighted by Gasteiger charge is 2.18. The number of hydrogen-bond donors (Lipinski definition) is 1. The molecule has 3 heteroatoms. The van der Waals surface area contributed by atoms with E-state index in [0.29, 0.717) is 10.8 Å². The molecule has 0 aliphatic heterocycles. The van der Waals surface area contributed by atoms with Gasteiger partial charge in [-0.3, -0.25) is 0 Å². The summed E-state index contributed by atoms with van der Waals surface area (Å²) in [6, 6.07) is 5.81. The quantitative estimate of drug-likeness (QED) is 0.834. The Morgan fingerprint density at radius 2 is 2.00 bits per heavy atom. The first kappa shape index (κ1) is 11.3. The predicted molar refractivity (Wildman–Crippen MR) is 60.1 cm³/mol. The van der Waals surface area contributed by atoms with E-state index in [-0.39, 0.29) is 5.54 Å². The molecule has 0 heterocycles. The molecule has 0 atom stereocenters. The number of rotatable bonds is 3. The zero-order valence-electron chi connectivity index (χ0n) is 9.02. The van der Waals surface area contributed by atoms with E-state index in [1.807, 2.05) is 25.2 Å². The van der Waals surface area contributed by atoms with Crippen molar-refractivity contribution in [2.24, 2.45) is 0 Å². The zero-order chi connectivity index (χ0) is 10.8. The van der Waals surface area contributed by atoms with Gasteiger partial charge in [-0.25, -0.2) is 0 Å². The fourth-order valence-corrected chi connectivity index (χ4v) is 1.39. The molecule has 78 valence electrons. The SMILES string of the molecule is CNC(C)(C)c1ccc(Cl)c(OC)c1. The minimum Gasteiger partial charge on any atom is -0.495 e. The number of hydrogen-bond acceptors (Lipinski definition) is 2. The molecule has 14 heavy (non-hydrogen) atoms. The van der Waals surface area contributed by atoms with Crippen molar-refractivity contribution in [3.63, 3.8) is 0 Å². The molecular formula is C11H16ClNO. The lowest BCUT2D eigenvalue weighted by Gasteiger charge is -2.25. The van der Waals surface area contributed by atoms with Gasteiger partial charge in [-0.1, -0.05) is 17.7 Å². The predicted octanol–water partition coefficient (Wildman–Crippen LogP) is 2.80. The monoisotopic (exact) mass is 213 g/mol. The fraction of sp³-hybridized carbons (Fsp3) is 0.455. The molecule has 0 radical (unpaired) electrons. The van der Waals surface area contributed by atoms with Gasteiger partial charge in [0.25, 0.3) is 0 Å². The minimum atomic E-state index is -0.0716. The van der Waals surface area contributed by atoms with Gasteiger partial charge in [0.15, 0.2) is 0 Å². The first-order valence-corrected chi connectivity index (χ1v) is 4.92. The average molecular weight is 214 g/mol. The second kappa shape index (κ2) is 4.20. The van der Waals surface area contributed by atoms with Crippen LogP contribution in [0, 0.1) is 0 Å². The Morgan fingerprint density at radius 1 is 1.36 bits per heavy atom. The molecule has 0 aromatic heterocycles. The number of methoxy groups -OCH3 is 1. The van der Waals surface area contributed by atoms with Crippen LogP contribution in [0.1, 0.15) is 19.4 Å². The Morgan fingerprint density at radius 3 is 2.50 bits per heavy atom. The largest absolute Gasteiger partial charge is 0.495 e. The van der Waals surface area contributed by atoms with Gasteiger partial charge in [-0.15, -0.1) is 0 Å². The normalized spacial score (nSPS) is 11.5. The third kappa shape index (κ3) is 2.20. The lowest BCUT2D eigenvalue weighted by atomic mass is 9.94. The van der Waals surface area contributed by atoms with Gasteiger partial charge in [0.1, 0.15) is 5.75 Å². The van der Waals surface area contributed by atoms with E-state index in [2.05, 4.69) is 19.2 Å². The van der Waals surface area contributed by atoms with Gasteiger partial charge < -0.3 is 10.1 Å². The zero-order valence-corrected chi connectivity index (χ0v) is 9.77. The lowest BCUT2D eigenvalue weighted by molar-refractivity contribution is 0.406. The second-order valence-corrected chi connectivity index (χ2v) is 4.13. The average Bonchev–Trinajstić information content (AvgIpc) is 2.18. The maximum Gasteiger partial charge on any atom is 0.137 e. The molecule has 0 bridgehead atoms. The molecule has 1 aromatic carbocycles. The van der Waals surface area contributed by atoms with Crippen LogP contribution in [0.5, 0.6) is 5.75 Å². The third-order valence-corrected chi connectivity index (χ3v) is 2.81. The highest BCUT2D eigenvalue weighted by atomic mass is 35.5. The van der Waals surface area contributed by atoms with Crippen LogP contribution < -0.4 is 10.1 Å². The van der Waals surface area contributed by atoms with Crippen molar-refractivity contribution in [2.75, 3.05) is 14.2 Å². The molecular weight excluding hydrogens is 198 g/mol. The molecule has 0 saturated heterocycles. The van der Waals surface area contributed by atoms with Crippen molar-refractivity contribution in [1.29, 1.82) is 0 Å². The molecule has 1 aromatic rings. The van der Waals surface area contributed by atoms with Crippen LogP contribution in [0.25, 0.3) is 0 Å². The van der Waals surface area contributed by atoms with E-state index in [0.717, 1.165) is 5.56 Å². The van der Waals surface area contributed by atoms with Crippen molar-refractivity contribution in [1.82, 2.24) is 5.32 Å². The van der Waals surface area contributed by atoms with Gasteiger partial charge in [0, 0.05) is 5.54 Å². The van der Waals surface area contributed by atoms with E-state index in [1.54, 1.807) is 7.11 Å². The van der Waals surface area contributed by atoms with E-state index < -0.39 is 0 Å². The van der Waals surface area contributed by atoms with E-state index >= 15 is 0 Å².